The monoisotopic (exact) mass is 290 g/mol. The SMILES string of the molecule is Cc1cc(N)ccc1NC(=O)CCSCc1ccco1. The minimum Gasteiger partial charge on any atom is -0.468 e. The summed E-state index contributed by atoms with van der Waals surface area (Å²) in [6.45, 7) is 1.93. The lowest BCUT2D eigenvalue weighted by Crippen LogP contribution is -2.13. The number of hydrogen-bond acceptors (Lipinski definition) is 4. The van der Waals surface area contributed by atoms with Crippen LogP contribution >= 0.6 is 11.8 Å². The number of aryl methyl sites for hydroxylation is 1. The Labute approximate surface area is 122 Å². The molecule has 4 nitrogen and oxygen atoms in total. The molecule has 2 rings (SSSR count). The van der Waals surface area contributed by atoms with Crippen molar-refractivity contribution in [1.82, 2.24) is 0 Å². The number of thioether (sulfide) groups is 1. The van der Waals surface area contributed by atoms with Crippen molar-refractivity contribution in [2.75, 3.05) is 16.8 Å². The second-order valence-corrected chi connectivity index (χ2v) is 5.61. The maximum atomic E-state index is 11.8. The van der Waals surface area contributed by atoms with Crippen LogP contribution in [-0.4, -0.2) is 11.7 Å². The zero-order chi connectivity index (χ0) is 14.4. The van der Waals surface area contributed by atoms with Gasteiger partial charge < -0.3 is 15.5 Å². The fourth-order valence-corrected chi connectivity index (χ4v) is 2.61. The molecule has 106 valence electrons. The first-order valence-electron chi connectivity index (χ1n) is 6.41. The standard InChI is InChI=1S/C15H18N2O2S/c1-11-9-12(16)4-5-14(11)17-15(18)6-8-20-10-13-3-2-7-19-13/h2-5,7,9H,6,8,10,16H2,1H3,(H,17,18). The van der Waals surface area contributed by atoms with Crippen LogP contribution in [-0.2, 0) is 10.5 Å². The van der Waals surface area contributed by atoms with Crippen molar-refractivity contribution < 1.29 is 9.21 Å². The Morgan fingerprint density at radius 3 is 2.95 bits per heavy atom. The molecule has 0 atom stereocenters. The fraction of sp³-hybridized carbons (Fsp3) is 0.267. The molecular formula is C15H18N2O2S. The largest absolute Gasteiger partial charge is 0.468 e. The maximum Gasteiger partial charge on any atom is 0.225 e. The van der Waals surface area contributed by atoms with Gasteiger partial charge in [0.2, 0.25) is 5.91 Å². The zero-order valence-electron chi connectivity index (χ0n) is 11.4. The minimum absolute atomic E-state index is 0.0183. The molecule has 3 N–H and O–H groups in total. The van der Waals surface area contributed by atoms with Gasteiger partial charge in [0, 0.05) is 23.5 Å². The highest BCUT2D eigenvalue weighted by molar-refractivity contribution is 7.98. The summed E-state index contributed by atoms with van der Waals surface area (Å²) in [4.78, 5) is 11.8. The third-order valence-electron chi connectivity index (χ3n) is 2.82. The number of carbonyl (C=O) groups is 1. The molecule has 0 unspecified atom stereocenters. The molecule has 0 fully saturated rings. The minimum atomic E-state index is 0.0183. The number of nitrogens with two attached hydrogens (primary N) is 1. The van der Waals surface area contributed by atoms with Gasteiger partial charge in [0.25, 0.3) is 0 Å². The summed E-state index contributed by atoms with van der Waals surface area (Å²) in [5, 5.41) is 2.90. The molecule has 0 saturated carbocycles. The van der Waals surface area contributed by atoms with Gasteiger partial charge in [-0.05, 0) is 42.8 Å². The number of amides is 1. The topological polar surface area (TPSA) is 68.3 Å². The van der Waals surface area contributed by atoms with Crippen LogP contribution in [0.3, 0.4) is 0 Å². The highest BCUT2D eigenvalue weighted by atomic mass is 32.2. The predicted octanol–water partition coefficient (Wildman–Crippen LogP) is 3.43. The lowest BCUT2D eigenvalue weighted by molar-refractivity contribution is -0.115. The van der Waals surface area contributed by atoms with Crippen molar-refractivity contribution in [2.45, 2.75) is 19.1 Å². The second-order valence-electron chi connectivity index (χ2n) is 4.50. The van der Waals surface area contributed by atoms with E-state index in [1.807, 2.05) is 31.2 Å². The highest BCUT2D eigenvalue weighted by Gasteiger charge is 2.05. The number of furan rings is 1. The molecule has 2 aromatic rings. The Balaban J connectivity index is 1.72. The summed E-state index contributed by atoms with van der Waals surface area (Å²) < 4.78 is 5.23. The molecule has 0 spiro atoms. The lowest BCUT2D eigenvalue weighted by atomic mass is 10.2. The molecule has 5 heteroatoms. The van der Waals surface area contributed by atoms with Gasteiger partial charge in [0.05, 0.1) is 12.0 Å². The van der Waals surface area contributed by atoms with Crippen LogP contribution in [0.4, 0.5) is 11.4 Å². The Bertz CT molecular complexity index is 567. The van der Waals surface area contributed by atoms with Crippen molar-refractivity contribution in [3.05, 3.63) is 47.9 Å². The number of rotatable bonds is 6. The van der Waals surface area contributed by atoms with E-state index in [2.05, 4.69) is 5.32 Å². The van der Waals surface area contributed by atoms with Gasteiger partial charge >= 0.3 is 0 Å². The van der Waals surface area contributed by atoms with Gasteiger partial charge in [0.1, 0.15) is 5.76 Å². The smallest absolute Gasteiger partial charge is 0.225 e. The van der Waals surface area contributed by atoms with E-state index in [9.17, 15) is 4.79 Å². The van der Waals surface area contributed by atoms with Gasteiger partial charge in [-0.1, -0.05) is 0 Å². The van der Waals surface area contributed by atoms with E-state index in [4.69, 9.17) is 10.2 Å². The van der Waals surface area contributed by atoms with Crippen LogP contribution in [0, 0.1) is 6.92 Å². The first-order chi connectivity index (χ1) is 9.65. The molecule has 1 heterocycles. The Kier molecular flexibility index (Phi) is 5.12. The quantitative estimate of drug-likeness (QED) is 0.631. The molecule has 0 bridgehead atoms. The summed E-state index contributed by atoms with van der Waals surface area (Å²) in [7, 11) is 0. The molecule has 0 radical (unpaired) electrons. The summed E-state index contributed by atoms with van der Waals surface area (Å²) in [5.41, 5.74) is 8.17. The van der Waals surface area contributed by atoms with Gasteiger partial charge in [-0.15, -0.1) is 0 Å². The first-order valence-corrected chi connectivity index (χ1v) is 7.57. The van der Waals surface area contributed by atoms with Crippen molar-refractivity contribution >= 4 is 29.0 Å². The van der Waals surface area contributed by atoms with E-state index in [0.29, 0.717) is 12.1 Å². The Hall–Kier alpha value is -1.88. The fourth-order valence-electron chi connectivity index (χ4n) is 1.77. The van der Waals surface area contributed by atoms with E-state index in [1.165, 1.54) is 0 Å². The zero-order valence-corrected chi connectivity index (χ0v) is 12.2. The molecule has 1 aromatic heterocycles. The van der Waals surface area contributed by atoms with Crippen molar-refractivity contribution in [1.29, 1.82) is 0 Å². The number of benzene rings is 1. The van der Waals surface area contributed by atoms with Gasteiger partial charge in [-0.3, -0.25) is 4.79 Å². The average Bonchev–Trinajstić information content (AvgIpc) is 2.91. The van der Waals surface area contributed by atoms with Gasteiger partial charge in [-0.25, -0.2) is 0 Å². The highest BCUT2D eigenvalue weighted by Crippen LogP contribution is 2.18. The number of nitrogens with one attached hydrogen (secondary N) is 1. The average molecular weight is 290 g/mol. The summed E-state index contributed by atoms with van der Waals surface area (Å²) in [6.07, 6.45) is 2.14. The molecule has 0 aliphatic rings. The number of nitrogen functional groups attached to an aromatic ring is 1. The van der Waals surface area contributed by atoms with E-state index in [-0.39, 0.29) is 5.91 Å². The third kappa shape index (κ3) is 4.35. The molecule has 1 amide bonds. The Morgan fingerprint density at radius 2 is 2.25 bits per heavy atom. The summed E-state index contributed by atoms with van der Waals surface area (Å²) in [6, 6.07) is 9.27. The van der Waals surface area contributed by atoms with Crippen LogP contribution in [0.15, 0.2) is 41.0 Å². The summed E-state index contributed by atoms with van der Waals surface area (Å²) >= 11 is 1.68. The van der Waals surface area contributed by atoms with Crippen LogP contribution in [0.1, 0.15) is 17.7 Å². The normalized spacial score (nSPS) is 10.4. The van der Waals surface area contributed by atoms with Crippen LogP contribution in [0.25, 0.3) is 0 Å². The number of hydrogen-bond donors (Lipinski definition) is 2. The van der Waals surface area contributed by atoms with E-state index >= 15 is 0 Å². The molecule has 0 aliphatic carbocycles. The number of carbonyl (C=O) groups excluding carboxylic acids is 1. The molecular weight excluding hydrogens is 272 g/mol. The van der Waals surface area contributed by atoms with Crippen LogP contribution in [0.2, 0.25) is 0 Å². The number of anilines is 2. The molecule has 20 heavy (non-hydrogen) atoms. The predicted molar refractivity (Wildman–Crippen MR) is 83.7 cm³/mol. The van der Waals surface area contributed by atoms with Crippen LogP contribution in [0.5, 0.6) is 0 Å². The maximum absolute atomic E-state index is 11.8. The van der Waals surface area contributed by atoms with Crippen molar-refractivity contribution in [3.8, 4) is 0 Å². The van der Waals surface area contributed by atoms with Crippen molar-refractivity contribution in [3.63, 3.8) is 0 Å². The summed E-state index contributed by atoms with van der Waals surface area (Å²) in [5.74, 6) is 2.51. The lowest BCUT2D eigenvalue weighted by Gasteiger charge is -2.08. The third-order valence-corrected chi connectivity index (χ3v) is 3.80. The van der Waals surface area contributed by atoms with E-state index in [0.717, 1.165) is 28.5 Å². The van der Waals surface area contributed by atoms with Crippen LogP contribution < -0.4 is 11.1 Å². The first kappa shape index (κ1) is 14.5. The van der Waals surface area contributed by atoms with E-state index < -0.39 is 0 Å². The molecule has 0 aliphatic heterocycles. The Morgan fingerprint density at radius 1 is 1.40 bits per heavy atom. The second kappa shape index (κ2) is 7.05. The molecule has 1 aromatic carbocycles. The van der Waals surface area contributed by atoms with Gasteiger partial charge in [-0.2, -0.15) is 11.8 Å². The van der Waals surface area contributed by atoms with E-state index in [1.54, 1.807) is 24.1 Å². The van der Waals surface area contributed by atoms with Crippen molar-refractivity contribution in [2.24, 2.45) is 0 Å². The molecule has 0 saturated heterocycles. The van der Waals surface area contributed by atoms with Gasteiger partial charge in [0.15, 0.2) is 0 Å².